The van der Waals surface area contributed by atoms with Gasteiger partial charge in [0.2, 0.25) is 0 Å². The normalized spacial score (nSPS) is 12.2. The van der Waals surface area contributed by atoms with Gasteiger partial charge >= 0.3 is 11.3 Å². The number of para-hydroxylation sites is 2. The van der Waals surface area contributed by atoms with E-state index >= 15 is 0 Å². The summed E-state index contributed by atoms with van der Waals surface area (Å²) >= 11 is 0. The van der Waals surface area contributed by atoms with Crippen molar-refractivity contribution in [1.29, 1.82) is 0 Å². The molecule has 0 aliphatic rings. The van der Waals surface area contributed by atoms with Gasteiger partial charge in [0.1, 0.15) is 0 Å². The number of hydrogen-bond acceptors (Lipinski definition) is 10. The van der Waals surface area contributed by atoms with Gasteiger partial charge in [-0.1, -0.05) is 24.3 Å². The van der Waals surface area contributed by atoms with Gasteiger partial charge in [-0.05, 0) is 38.1 Å². The third-order valence-electron chi connectivity index (χ3n) is 4.96. The summed E-state index contributed by atoms with van der Waals surface area (Å²) in [5, 5.41) is -1.09. The molecule has 0 atom stereocenters. The molecule has 2 aromatic heterocycles. The molecule has 4 rings (SSSR count). The van der Waals surface area contributed by atoms with E-state index in [9.17, 15) is 26.4 Å². The highest BCUT2D eigenvalue weighted by Gasteiger charge is 2.32. The van der Waals surface area contributed by atoms with Crippen LogP contribution in [0.4, 0.5) is 0 Å². The predicted octanol–water partition coefficient (Wildman–Crippen LogP) is 2.90. The number of hydrogen-bond donors (Lipinski definition) is 0. The number of ether oxygens (including phenoxy) is 2. The molecule has 0 saturated heterocycles. The monoisotopic (exact) mass is 520 g/mol. The van der Waals surface area contributed by atoms with Gasteiger partial charge in [0.25, 0.3) is 0 Å². The van der Waals surface area contributed by atoms with Gasteiger partial charge in [-0.3, -0.25) is 0 Å². The smallest absolute Gasteiger partial charge is 0.355 e. The zero-order valence-corrected chi connectivity index (χ0v) is 20.3. The first kappa shape index (κ1) is 24.5. The number of benzene rings is 2. The molecule has 0 aliphatic heterocycles. The van der Waals surface area contributed by atoms with E-state index < -0.39 is 45.8 Å². The molecular formula is C23H20O10S2. The number of sulfone groups is 2. The van der Waals surface area contributed by atoms with Gasteiger partial charge in [0.05, 0.1) is 13.2 Å². The minimum absolute atomic E-state index is 0.0291. The van der Waals surface area contributed by atoms with E-state index in [1.165, 1.54) is 12.1 Å². The van der Waals surface area contributed by atoms with Crippen LogP contribution in [0.2, 0.25) is 0 Å². The Kier molecular flexibility index (Phi) is 6.43. The van der Waals surface area contributed by atoms with Crippen LogP contribution in [0.25, 0.3) is 21.9 Å². The Hall–Kier alpha value is -3.64. The zero-order chi connectivity index (χ0) is 25.4. The Morgan fingerprint density at radius 2 is 1.09 bits per heavy atom. The van der Waals surface area contributed by atoms with Gasteiger partial charge in [0, 0.05) is 10.8 Å². The van der Waals surface area contributed by atoms with Crippen LogP contribution < -0.4 is 20.7 Å². The summed E-state index contributed by atoms with van der Waals surface area (Å²) in [5.74, 6) is 0.470. The molecule has 0 saturated carbocycles. The first-order chi connectivity index (χ1) is 16.6. The highest BCUT2D eigenvalue weighted by atomic mass is 32.3. The second-order valence-corrected chi connectivity index (χ2v) is 11.6. The third-order valence-corrected chi connectivity index (χ3v) is 9.36. The van der Waals surface area contributed by atoms with Crippen molar-refractivity contribution in [2.45, 2.75) is 23.6 Å². The molecule has 0 unspecified atom stereocenters. The van der Waals surface area contributed by atoms with Crippen LogP contribution in [-0.4, -0.2) is 35.1 Å². The van der Waals surface area contributed by atoms with Crippen molar-refractivity contribution in [3.63, 3.8) is 0 Å². The van der Waals surface area contributed by atoms with Crippen molar-refractivity contribution in [2.75, 3.05) is 18.3 Å². The molecule has 0 fully saturated rings. The maximum Gasteiger partial charge on any atom is 0.355 e. The Morgan fingerprint density at radius 1 is 0.686 bits per heavy atom. The van der Waals surface area contributed by atoms with Crippen LogP contribution >= 0.6 is 0 Å². The SMILES string of the molecule is CCOc1cccc2cc(S(=O)(=O)CS(=O)(=O)c3cc4cccc(OCC)c4oc3=O)c(=O)oc12. The minimum atomic E-state index is -4.74. The Bertz CT molecular complexity index is 1630. The van der Waals surface area contributed by atoms with Crippen molar-refractivity contribution in [3.05, 3.63) is 69.4 Å². The lowest BCUT2D eigenvalue weighted by molar-refractivity contribution is 0.336. The van der Waals surface area contributed by atoms with Crippen LogP contribution in [0.15, 0.2) is 76.7 Å². The summed E-state index contributed by atoms with van der Waals surface area (Å²) in [7, 11) is -9.48. The summed E-state index contributed by atoms with van der Waals surface area (Å²) in [6, 6.07) is 11.2. The summed E-state index contributed by atoms with van der Waals surface area (Å²) in [6.07, 6.45) is 0. The Morgan fingerprint density at radius 3 is 1.46 bits per heavy atom. The van der Waals surface area contributed by atoms with Crippen molar-refractivity contribution in [3.8, 4) is 11.5 Å². The van der Waals surface area contributed by atoms with E-state index in [1.54, 1.807) is 38.1 Å². The highest BCUT2D eigenvalue weighted by molar-refractivity contribution is 8.08. The molecule has 2 aromatic carbocycles. The molecule has 35 heavy (non-hydrogen) atoms. The maximum absolute atomic E-state index is 13.0. The molecule has 4 aromatic rings. The van der Waals surface area contributed by atoms with Gasteiger partial charge in [0.15, 0.2) is 57.2 Å². The molecule has 0 spiro atoms. The zero-order valence-electron chi connectivity index (χ0n) is 18.6. The predicted molar refractivity (Wildman–Crippen MR) is 127 cm³/mol. The molecule has 0 N–H and O–H groups in total. The van der Waals surface area contributed by atoms with E-state index in [2.05, 4.69) is 0 Å². The molecular weight excluding hydrogens is 500 g/mol. The average Bonchev–Trinajstić information content (AvgIpc) is 2.78. The topological polar surface area (TPSA) is 147 Å². The third kappa shape index (κ3) is 4.66. The van der Waals surface area contributed by atoms with Crippen LogP contribution in [0.3, 0.4) is 0 Å². The fourth-order valence-electron chi connectivity index (χ4n) is 3.50. The van der Waals surface area contributed by atoms with Crippen molar-refractivity contribution < 1.29 is 35.1 Å². The van der Waals surface area contributed by atoms with Gasteiger partial charge in [-0.25, -0.2) is 26.4 Å². The second kappa shape index (κ2) is 9.19. The van der Waals surface area contributed by atoms with Gasteiger partial charge in [-0.15, -0.1) is 0 Å². The number of fused-ring (bicyclic) bond motifs is 2. The number of rotatable bonds is 8. The first-order valence-electron chi connectivity index (χ1n) is 10.4. The Labute approximate surface area is 199 Å². The summed E-state index contributed by atoms with van der Waals surface area (Å²) < 4.78 is 73.0. The molecule has 12 heteroatoms. The quantitative estimate of drug-likeness (QED) is 0.318. The molecule has 184 valence electrons. The molecule has 0 aliphatic carbocycles. The van der Waals surface area contributed by atoms with E-state index in [-0.39, 0.29) is 46.7 Å². The van der Waals surface area contributed by atoms with E-state index in [4.69, 9.17) is 18.3 Å². The van der Waals surface area contributed by atoms with Crippen LogP contribution in [0.5, 0.6) is 11.5 Å². The minimum Gasteiger partial charge on any atom is -0.490 e. The van der Waals surface area contributed by atoms with Crippen molar-refractivity contribution in [1.82, 2.24) is 0 Å². The van der Waals surface area contributed by atoms with E-state index in [0.29, 0.717) is 0 Å². The van der Waals surface area contributed by atoms with Crippen molar-refractivity contribution >= 4 is 41.6 Å². The van der Waals surface area contributed by atoms with Crippen LogP contribution in [0.1, 0.15) is 13.8 Å². The molecule has 2 heterocycles. The largest absolute Gasteiger partial charge is 0.490 e. The summed E-state index contributed by atoms with van der Waals surface area (Å²) in [5.41, 5.74) is -2.46. The maximum atomic E-state index is 13.0. The highest BCUT2D eigenvalue weighted by Crippen LogP contribution is 2.28. The summed E-state index contributed by atoms with van der Waals surface area (Å²) in [6.45, 7) is 4.01. The molecule has 10 nitrogen and oxygen atoms in total. The average molecular weight is 521 g/mol. The lowest BCUT2D eigenvalue weighted by atomic mass is 10.2. The fraction of sp³-hybridized carbons (Fsp3) is 0.217. The van der Waals surface area contributed by atoms with Gasteiger partial charge in [-0.2, -0.15) is 0 Å². The summed E-state index contributed by atoms with van der Waals surface area (Å²) in [4.78, 5) is 23.3. The van der Waals surface area contributed by atoms with Crippen molar-refractivity contribution in [2.24, 2.45) is 0 Å². The molecule has 0 amide bonds. The molecule has 0 radical (unpaired) electrons. The lowest BCUT2D eigenvalue weighted by Crippen LogP contribution is -2.25. The molecule has 0 bridgehead atoms. The fourth-order valence-corrected chi connectivity index (χ4v) is 7.35. The standard InChI is InChI=1S/C23H20O10S2/c1-3-30-16-9-5-7-14-11-18(22(24)32-20(14)16)34(26,27)13-35(28,29)19-12-15-8-6-10-17(31-4-2)21(15)33-23(19)25/h5-12H,3-4,13H2,1-2H3. The Balaban J connectivity index is 1.78. The van der Waals surface area contributed by atoms with Gasteiger partial charge < -0.3 is 18.3 Å². The first-order valence-corrected chi connectivity index (χ1v) is 13.7. The second-order valence-electron chi connectivity index (χ2n) is 7.36. The van der Waals surface area contributed by atoms with E-state index in [1.807, 2.05) is 0 Å². The van der Waals surface area contributed by atoms with E-state index in [0.717, 1.165) is 12.1 Å². The van der Waals surface area contributed by atoms with Crippen LogP contribution in [-0.2, 0) is 19.7 Å². The van der Waals surface area contributed by atoms with Crippen LogP contribution in [0, 0.1) is 0 Å². The lowest BCUT2D eigenvalue weighted by Gasteiger charge is -2.09.